The first-order valence-electron chi connectivity index (χ1n) is 8.87. The highest BCUT2D eigenvalue weighted by atomic mass is 32.2. The second kappa shape index (κ2) is 6.81. The highest BCUT2D eigenvalue weighted by Crippen LogP contribution is 2.45. The maximum absolute atomic E-state index is 12.7. The first-order valence-corrected chi connectivity index (χ1v) is 9.81. The highest BCUT2D eigenvalue weighted by Gasteiger charge is 2.34. The van der Waals surface area contributed by atoms with Crippen LogP contribution < -0.4 is 5.32 Å². The van der Waals surface area contributed by atoms with Crippen LogP contribution in [0.3, 0.4) is 0 Å². The molecule has 3 aromatic rings. The van der Waals surface area contributed by atoms with Crippen LogP contribution >= 0.6 is 11.8 Å². The van der Waals surface area contributed by atoms with Gasteiger partial charge >= 0.3 is 0 Å². The van der Waals surface area contributed by atoms with Crippen LogP contribution in [0.4, 0.5) is 5.82 Å². The molecular formula is C20H21N5OS. The van der Waals surface area contributed by atoms with E-state index in [1.807, 2.05) is 52.0 Å². The van der Waals surface area contributed by atoms with Crippen molar-refractivity contribution in [2.75, 3.05) is 5.32 Å². The zero-order chi connectivity index (χ0) is 19.1. The summed E-state index contributed by atoms with van der Waals surface area (Å²) >= 11 is 1.63. The maximum Gasteiger partial charge on any atom is 0.252 e. The molecule has 1 aliphatic heterocycles. The van der Waals surface area contributed by atoms with Gasteiger partial charge in [-0.25, -0.2) is 9.97 Å². The molecule has 3 heterocycles. The number of hydrogen-bond acceptors (Lipinski definition) is 5. The van der Waals surface area contributed by atoms with Gasteiger partial charge in [0.05, 0.1) is 16.2 Å². The molecule has 0 saturated heterocycles. The summed E-state index contributed by atoms with van der Waals surface area (Å²) in [4.78, 5) is 21.7. The third kappa shape index (κ3) is 3.23. The molecule has 1 aromatic carbocycles. The van der Waals surface area contributed by atoms with Crippen molar-refractivity contribution in [3.63, 3.8) is 0 Å². The number of amides is 1. The van der Waals surface area contributed by atoms with E-state index in [0.717, 1.165) is 28.2 Å². The number of carbonyl (C=O) groups excluding carboxylic acids is 1. The van der Waals surface area contributed by atoms with Crippen LogP contribution in [-0.2, 0) is 4.79 Å². The smallest absolute Gasteiger partial charge is 0.252 e. The lowest BCUT2D eigenvalue weighted by molar-refractivity contribution is -0.115. The Bertz CT molecular complexity index is 994. The van der Waals surface area contributed by atoms with Crippen LogP contribution in [0, 0.1) is 20.8 Å². The fourth-order valence-corrected chi connectivity index (χ4v) is 4.67. The molecule has 0 aliphatic carbocycles. The highest BCUT2D eigenvalue weighted by molar-refractivity contribution is 8.01. The van der Waals surface area contributed by atoms with Gasteiger partial charge in [-0.15, -0.1) is 11.8 Å². The molecule has 1 amide bonds. The number of fused-ring (bicyclic) bond motifs is 1. The van der Waals surface area contributed by atoms with Crippen LogP contribution in [0.25, 0.3) is 5.95 Å². The van der Waals surface area contributed by atoms with E-state index in [2.05, 4.69) is 32.5 Å². The van der Waals surface area contributed by atoms with Gasteiger partial charge in [0.25, 0.3) is 5.95 Å². The lowest BCUT2D eigenvalue weighted by Gasteiger charge is -2.17. The second-order valence-corrected chi connectivity index (χ2v) is 8.22. The first-order chi connectivity index (χ1) is 12.9. The normalized spacial score (nSPS) is 19.3. The number of benzene rings is 1. The molecule has 0 saturated carbocycles. The number of anilines is 1. The van der Waals surface area contributed by atoms with Gasteiger partial charge in [0.1, 0.15) is 5.82 Å². The molecule has 1 N–H and O–H groups in total. The van der Waals surface area contributed by atoms with Gasteiger partial charge in [-0.3, -0.25) is 4.79 Å². The number of nitrogens with zero attached hydrogens (tertiary/aromatic N) is 4. The number of aryl methyl sites for hydroxylation is 3. The third-order valence-corrected chi connectivity index (χ3v) is 5.98. The number of rotatable bonds is 2. The number of nitrogens with one attached hydrogen (secondary N) is 1. The fourth-order valence-electron chi connectivity index (χ4n) is 3.35. The summed E-state index contributed by atoms with van der Waals surface area (Å²) in [6.45, 7) is 7.76. The Kier molecular flexibility index (Phi) is 4.47. The quantitative estimate of drug-likeness (QED) is 0.734. The predicted octanol–water partition coefficient (Wildman–Crippen LogP) is 3.75. The molecular weight excluding hydrogens is 358 g/mol. The Hall–Kier alpha value is -2.67. The average molecular weight is 379 g/mol. The average Bonchev–Trinajstić information content (AvgIpc) is 2.88. The van der Waals surface area contributed by atoms with E-state index < -0.39 is 0 Å². The molecule has 2 atom stereocenters. The van der Waals surface area contributed by atoms with Crippen molar-refractivity contribution in [1.29, 1.82) is 0 Å². The monoisotopic (exact) mass is 379 g/mol. The van der Waals surface area contributed by atoms with Gasteiger partial charge in [-0.05, 0) is 39.3 Å². The van der Waals surface area contributed by atoms with Crippen LogP contribution in [-0.4, -0.2) is 30.9 Å². The second-order valence-electron chi connectivity index (χ2n) is 6.77. The molecule has 2 aromatic heterocycles. The molecule has 0 radical (unpaired) electrons. The van der Waals surface area contributed by atoms with Crippen LogP contribution in [0.15, 0.2) is 36.4 Å². The van der Waals surface area contributed by atoms with Crippen molar-refractivity contribution in [3.05, 3.63) is 64.6 Å². The van der Waals surface area contributed by atoms with Crippen molar-refractivity contribution in [2.45, 2.75) is 38.2 Å². The zero-order valence-electron chi connectivity index (χ0n) is 15.7. The summed E-state index contributed by atoms with van der Waals surface area (Å²) in [5, 5.41) is 7.57. The fraction of sp³-hybridized carbons (Fsp3) is 0.300. The van der Waals surface area contributed by atoms with E-state index in [-0.39, 0.29) is 16.4 Å². The Labute approximate surface area is 162 Å². The Morgan fingerprint density at radius 2 is 1.74 bits per heavy atom. The van der Waals surface area contributed by atoms with E-state index in [1.165, 1.54) is 0 Å². The largest absolute Gasteiger partial charge is 0.309 e. The van der Waals surface area contributed by atoms with E-state index in [4.69, 9.17) is 0 Å². The van der Waals surface area contributed by atoms with Gasteiger partial charge in [0, 0.05) is 17.0 Å². The molecule has 2 unspecified atom stereocenters. The van der Waals surface area contributed by atoms with E-state index in [9.17, 15) is 4.79 Å². The molecule has 0 spiro atoms. The summed E-state index contributed by atoms with van der Waals surface area (Å²) in [5.74, 6) is 1.10. The third-order valence-electron chi connectivity index (χ3n) is 4.58. The Morgan fingerprint density at radius 3 is 2.41 bits per heavy atom. The predicted molar refractivity (Wildman–Crippen MR) is 107 cm³/mol. The first kappa shape index (κ1) is 17.7. The summed E-state index contributed by atoms with van der Waals surface area (Å²) in [7, 11) is 0. The lowest BCUT2D eigenvalue weighted by atomic mass is 10.0. The standard InChI is InChI=1S/C20H21N5OS/c1-11-10-12(2)22-20(21-11)25-18-16(13(3)24-25)17(15-8-6-5-7-9-15)27-14(4)19(26)23-18/h5-10,14,17H,1-4H3,(H,23,26). The molecule has 0 bridgehead atoms. The van der Waals surface area contributed by atoms with Crippen LogP contribution in [0.1, 0.15) is 40.4 Å². The van der Waals surface area contributed by atoms with Crippen molar-refractivity contribution in [2.24, 2.45) is 0 Å². The van der Waals surface area contributed by atoms with Crippen molar-refractivity contribution in [3.8, 4) is 5.95 Å². The molecule has 7 heteroatoms. The van der Waals surface area contributed by atoms with E-state index in [1.54, 1.807) is 16.4 Å². The van der Waals surface area contributed by atoms with Crippen LogP contribution in [0.5, 0.6) is 0 Å². The molecule has 1 aliphatic rings. The summed E-state index contributed by atoms with van der Waals surface area (Å²) < 4.78 is 1.66. The number of thioether (sulfide) groups is 1. The number of aromatic nitrogens is 4. The topological polar surface area (TPSA) is 72.7 Å². The Morgan fingerprint density at radius 1 is 1.07 bits per heavy atom. The van der Waals surface area contributed by atoms with Gasteiger partial charge in [-0.1, -0.05) is 30.3 Å². The van der Waals surface area contributed by atoms with Crippen LogP contribution in [0.2, 0.25) is 0 Å². The Balaban J connectivity index is 1.93. The molecule has 138 valence electrons. The SMILES string of the molecule is Cc1cc(C)nc(-n2nc(C)c3c2NC(=O)C(C)SC3c2ccccc2)n1. The van der Waals surface area contributed by atoms with E-state index in [0.29, 0.717) is 11.8 Å². The van der Waals surface area contributed by atoms with Crippen molar-refractivity contribution >= 4 is 23.5 Å². The summed E-state index contributed by atoms with van der Waals surface area (Å²) in [6.07, 6.45) is 0. The molecule has 6 nitrogen and oxygen atoms in total. The molecule has 27 heavy (non-hydrogen) atoms. The molecule has 0 fully saturated rings. The van der Waals surface area contributed by atoms with Gasteiger partial charge in [-0.2, -0.15) is 9.78 Å². The van der Waals surface area contributed by atoms with Gasteiger partial charge in [0.15, 0.2) is 0 Å². The minimum absolute atomic E-state index is 0.00908. The molecule has 4 rings (SSSR count). The minimum Gasteiger partial charge on any atom is -0.309 e. The lowest BCUT2D eigenvalue weighted by Crippen LogP contribution is -2.23. The summed E-state index contributed by atoms with van der Waals surface area (Å²) in [6, 6.07) is 12.1. The van der Waals surface area contributed by atoms with Gasteiger partial charge in [0.2, 0.25) is 5.91 Å². The van der Waals surface area contributed by atoms with Crippen molar-refractivity contribution < 1.29 is 4.79 Å². The number of hydrogen-bond donors (Lipinski definition) is 1. The number of carbonyl (C=O) groups is 1. The summed E-state index contributed by atoms with van der Waals surface area (Å²) in [5.41, 5.74) is 4.75. The maximum atomic E-state index is 12.7. The zero-order valence-corrected chi connectivity index (χ0v) is 16.5. The van der Waals surface area contributed by atoms with Crippen molar-refractivity contribution in [1.82, 2.24) is 19.7 Å². The van der Waals surface area contributed by atoms with E-state index >= 15 is 0 Å². The van der Waals surface area contributed by atoms with Gasteiger partial charge < -0.3 is 5.32 Å². The minimum atomic E-state index is -0.185.